The molecule has 146 valence electrons. The highest BCUT2D eigenvalue weighted by atomic mass is 32.2. The highest BCUT2D eigenvalue weighted by Gasteiger charge is 2.27. The molecule has 0 radical (unpaired) electrons. The fourth-order valence-electron chi connectivity index (χ4n) is 2.30. The van der Waals surface area contributed by atoms with Gasteiger partial charge in [0.25, 0.3) is 0 Å². The molecule has 0 aliphatic rings. The number of carbonyl (C=O) groups is 1. The number of aliphatic hydroxyl groups is 2. The minimum Gasteiger partial charge on any atom is -0.487 e. The lowest BCUT2D eigenvalue weighted by Crippen LogP contribution is -2.29. The van der Waals surface area contributed by atoms with Crippen molar-refractivity contribution in [3.8, 4) is 5.75 Å². The third kappa shape index (κ3) is 5.95. The van der Waals surface area contributed by atoms with Crippen LogP contribution in [-0.4, -0.2) is 44.1 Å². The van der Waals surface area contributed by atoms with E-state index in [9.17, 15) is 23.4 Å². The van der Waals surface area contributed by atoms with Crippen LogP contribution in [0.4, 0.5) is 5.69 Å². The quantitative estimate of drug-likeness (QED) is 0.574. The van der Waals surface area contributed by atoms with E-state index in [1.165, 1.54) is 18.2 Å². The molecule has 0 aliphatic carbocycles. The Morgan fingerprint density at radius 1 is 1.15 bits per heavy atom. The summed E-state index contributed by atoms with van der Waals surface area (Å²) in [5, 5.41) is 19.9. The van der Waals surface area contributed by atoms with Gasteiger partial charge in [0.05, 0.1) is 19.1 Å². The number of carbonyl (C=O) groups excluding carboxylic acids is 1. The standard InChI is InChI=1S/C18H21NO7S/c1-25-18(22)17(21)16(20)13-8-9-15(14(10-13)19-27(2,23)24)26-11-12-6-4-3-5-7-12/h3-10,16-17,19-21H,11H2,1-2H3. The first-order valence-electron chi connectivity index (χ1n) is 7.93. The van der Waals surface area contributed by atoms with Gasteiger partial charge < -0.3 is 19.7 Å². The van der Waals surface area contributed by atoms with E-state index < -0.39 is 28.2 Å². The molecule has 0 spiro atoms. The third-order valence-electron chi connectivity index (χ3n) is 3.62. The summed E-state index contributed by atoms with van der Waals surface area (Å²) in [5.74, 6) is -0.780. The van der Waals surface area contributed by atoms with Gasteiger partial charge in [0.1, 0.15) is 18.5 Å². The van der Waals surface area contributed by atoms with Gasteiger partial charge in [-0.25, -0.2) is 13.2 Å². The predicted molar refractivity (Wildman–Crippen MR) is 98.7 cm³/mol. The van der Waals surface area contributed by atoms with E-state index in [4.69, 9.17) is 4.74 Å². The Hall–Kier alpha value is -2.62. The summed E-state index contributed by atoms with van der Waals surface area (Å²) in [6, 6.07) is 13.4. The second-order valence-electron chi connectivity index (χ2n) is 5.82. The molecule has 27 heavy (non-hydrogen) atoms. The van der Waals surface area contributed by atoms with Gasteiger partial charge in [-0.15, -0.1) is 0 Å². The molecule has 2 aromatic carbocycles. The number of nitrogens with one attached hydrogen (secondary N) is 1. The molecule has 9 heteroatoms. The molecule has 0 aliphatic heterocycles. The molecule has 2 rings (SSSR count). The largest absolute Gasteiger partial charge is 0.487 e. The van der Waals surface area contributed by atoms with Crippen molar-refractivity contribution in [1.29, 1.82) is 0 Å². The van der Waals surface area contributed by atoms with Crippen LogP contribution < -0.4 is 9.46 Å². The number of methoxy groups -OCH3 is 1. The smallest absolute Gasteiger partial charge is 0.337 e. The Balaban J connectivity index is 2.29. The zero-order chi connectivity index (χ0) is 20.0. The maximum absolute atomic E-state index is 11.6. The fraction of sp³-hybridized carbons (Fsp3) is 0.278. The maximum Gasteiger partial charge on any atom is 0.337 e. The molecule has 3 N–H and O–H groups in total. The average Bonchev–Trinajstić information content (AvgIpc) is 2.64. The lowest BCUT2D eigenvalue weighted by Gasteiger charge is -2.19. The first-order valence-corrected chi connectivity index (χ1v) is 9.83. The molecule has 2 aromatic rings. The Kier molecular flexibility index (Phi) is 6.78. The van der Waals surface area contributed by atoms with Crippen LogP contribution in [0.15, 0.2) is 48.5 Å². The van der Waals surface area contributed by atoms with Crippen LogP contribution in [0.25, 0.3) is 0 Å². The first-order chi connectivity index (χ1) is 12.7. The summed E-state index contributed by atoms with van der Waals surface area (Å²) in [4.78, 5) is 11.4. The van der Waals surface area contributed by atoms with Crippen molar-refractivity contribution in [2.45, 2.75) is 18.8 Å². The summed E-state index contributed by atoms with van der Waals surface area (Å²) in [7, 11) is -2.55. The lowest BCUT2D eigenvalue weighted by atomic mass is 10.0. The number of esters is 1. The van der Waals surface area contributed by atoms with Crippen LogP contribution in [0.3, 0.4) is 0 Å². The van der Waals surface area contributed by atoms with E-state index in [-0.39, 0.29) is 23.6 Å². The molecule has 0 saturated carbocycles. The third-order valence-corrected chi connectivity index (χ3v) is 4.21. The van der Waals surface area contributed by atoms with Crippen LogP contribution in [0.1, 0.15) is 17.2 Å². The molecular formula is C18H21NO7S. The number of hydrogen-bond donors (Lipinski definition) is 3. The van der Waals surface area contributed by atoms with E-state index in [1.807, 2.05) is 30.3 Å². The number of aliphatic hydroxyl groups excluding tert-OH is 2. The number of ether oxygens (including phenoxy) is 2. The van der Waals surface area contributed by atoms with E-state index in [1.54, 1.807) is 0 Å². The molecule has 2 unspecified atom stereocenters. The summed E-state index contributed by atoms with van der Waals surface area (Å²) in [6.07, 6.45) is -2.43. The highest BCUT2D eigenvalue weighted by molar-refractivity contribution is 7.92. The molecular weight excluding hydrogens is 374 g/mol. The van der Waals surface area contributed by atoms with E-state index in [2.05, 4.69) is 9.46 Å². The van der Waals surface area contributed by atoms with Crippen LogP contribution >= 0.6 is 0 Å². The normalized spacial score (nSPS) is 13.5. The summed E-state index contributed by atoms with van der Waals surface area (Å²) in [5.41, 5.74) is 1.07. The molecule has 0 aromatic heterocycles. The number of sulfonamides is 1. The van der Waals surface area contributed by atoms with Gasteiger partial charge >= 0.3 is 5.97 Å². The molecule has 0 saturated heterocycles. The molecule has 0 fully saturated rings. The molecule has 0 heterocycles. The monoisotopic (exact) mass is 395 g/mol. The number of benzene rings is 2. The predicted octanol–water partition coefficient (Wildman–Crippen LogP) is 1.20. The van der Waals surface area contributed by atoms with Crippen molar-refractivity contribution >= 4 is 21.7 Å². The molecule has 0 bridgehead atoms. The van der Waals surface area contributed by atoms with Gasteiger partial charge in [-0.3, -0.25) is 4.72 Å². The van der Waals surface area contributed by atoms with Gasteiger partial charge in [-0.1, -0.05) is 36.4 Å². The van der Waals surface area contributed by atoms with Gasteiger partial charge in [-0.05, 0) is 23.3 Å². The van der Waals surface area contributed by atoms with Gasteiger partial charge in [0, 0.05) is 0 Å². The Morgan fingerprint density at radius 2 is 1.81 bits per heavy atom. The summed E-state index contributed by atoms with van der Waals surface area (Å²) in [6.45, 7) is 0.200. The molecule has 0 amide bonds. The maximum atomic E-state index is 11.6. The van der Waals surface area contributed by atoms with Crippen molar-refractivity contribution in [3.63, 3.8) is 0 Å². The zero-order valence-electron chi connectivity index (χ0n) is 14.8. The number of hydrogen-bond acceptors (Lipinski definition) is 7. The SMILES string of the molecule is COC(=O)C(O)C(O)c1ccc(OCc2ccccc2)c(NS(C)(=O)=O)c1. The average molecular weight is 395 g/mol. The topological polar surface area (TPSA) is 122 Å². The second-order valence-corrected chi connectivity index (χ2v) is 7.57. The second kappa shape index (κ2) is 8.85. The van der Waals surface area contributed by atoms with Gasteiger partial charge in [0.15, 0.2) is 6.10 Å². The van der Waals surface area contributed by atoms with E-state index >= 15 is 0 Å². The van der Waals surface area contributed by atoms with Crippen LogP contribution in [0, 0.1) is 0 Å². The Bertz CT molecular complexity index is 884. The van der Waals surface area contributed by atoms with Crippen LogP contribution in [0.2, 0.25) is 0 Å². The van der Waals surface area contributed by atoms with Crippen LogP contribution in [-0.2, 0) is 26.2 Å². The van der Waals surface area contributed by atoms with Gasteiger partial charge in [-0.2, -0.15) is 0 Å². The lowest BCUT2D eigenvalue weighted by molar-refractivity contribution is -0.156. The van der Waals surface area contributed by atoms with Crippen molar-refractivity contribution in [2.24, 2.45) is 0 Å². The number of rotatable bonds is 8. The van der Waals surface area contributed by atoms with E-state index in [0.29, 0.717) is 0 Å². The molecule has 2 atom stereocenters. The zero-order valence-corrected chi connectivity index (χ0v) is 15.6. The van der Waals surface area contributed by atoms with Crippen molar-refractivity contribution in [3.05, 3.63) is 59.7 Å². The fourth-order valence-corrected chi connectivity index (χ4v) is 2.86. The van der Waals surface area contributed by atoms with Crippen molar-refractivity contribution < 1.29 is 32.9 Å². The summed E-state index contributed by atoms with van der Waals surface area (Å²) < 4.78 is 35.7. The van der Waals surface area contributed by atoms with Gasteiger partial charge in [0.2, 0.25) is 10.0 Å². The first kappa shape index (κ1) is 20.7. The van der Waals surface area contributed by atoms with Crippen molar-refractivity contribution in [1.82, 2.24) is 0 Å². The Labute approximate surface area is 157 Å². The van der Waals surface area contributed by atoms with E-state index in [0.717, 1.165) is 18.9 Å². The van der Waals surface area contributed by atoms with Crippen molar-refractivity contribution in [2.75, 3.05) is 18.1 Å². The minimum absolute atomic E-state index is 0.0713. The molecule has 8 nitrogen and oxygen atoms in total. The highest BCUT2D eigenvalue weighted by Crippen LogP contribution is 2.31. The number of anilines is 1. The van der Waals surface area contributed by atoms with Crippen LogP contribution in [0.5, 0.6) is 5.75 Å². The summed E-state index contributed by atoms with van der Waals surface area (Å²) >= 11 is 0. The minimum atomic E-state index is -3.63. The Morgan fingerprint density at radius 3 is 2.41 bits per heavy atom.